The lowest BCUT2D eigenvalue weighted by Crippen LogP contribution is -2.35. The zero-order valence-electron chi connectivity index (χ0n) is 10.1. The highest BCUT2D eigenvalue weighted by atomic mass is 15.1. The van der Waals surface area contributed by atoms with Crippen LogP contribution in [0.15, 0.2) is 0 Å². The van der Waals surface area contributed by atoms with E-state index in [1.165, 1.54) is 38.8 Å². The lowest BCUT2D eigenvalue weighted by molar-refractivity contribution is 0.205. The SMILES string of the molecule is CNCCC(C)N1CCCC(C)CC1. The smallest absolute Gasteiger partial charge is 0.00790 e. The summed E-state index contributed by atoms with van der Waals surface area (Å²) in [5, 5.41) is 3.24. The van der Waals surface area contributed by atoms with Crippen LogP contribution in [0.5, 0.6) is 0 Å². The van der Waals surface area contributed by atoms with Crippen LogP contribution in [0.2, 0.25) is 0 Å². The zero-order chi connectivity index (χ0) is 10.4. The van der Waals surface area contributed by atoms with Gasteiger partial charge in [0.25, 0.3) is 0 Å². The van der Waals surface area contributed by atoms with Crippen LogP contribution in [0.3, 0.4) is 0 Å². The Kier molecular flexibility index (Phi) is 5.49. The number of hydrogen-bond donors (Lipinski definition) is 1. The minimum atomic E-state index is 0.757. The second-order valence-corrected chi connectivity index (χ2v) is 4.81. The molecule has 0 amide bonds. The van der Waals surface area contributed by atoms with Crippen LogP contribution in [0.4, 0.5) is 0 Å². The summed E-state index contributed by atoms with van der Waals surface area (Å²) in [5.41, 5.74) is 0. The van der Waals surface area contributed by atoms with Gasteiger partial charge in [-0.2, -0.15) is 0 Å². The molecule has 0 bridgehead atoms. The highest BCUT2D eigenvalue weighted by Crippen LogP contribution is 2.18. The molecule has 0 aromatic heterocycles. The summed E-state index contributed by atoms with van der Waals surface area (Å²) in [6.07, 6.45) is 5.50. The Morgan fingerprint density at radius 2 is 2.14 bits per heavy atom. The molecule has 0 spiro atoms. The Bertz CT molecular complexity index is 147. The Balaban J connectivity index is 2.27. The number of nitrogens with zero attached hydrogens (tertiary/aromatic N) is 1. The van der Waals surface area contributed by atoms with Gasteiger partial charge in [0, 0.05) is 6.04 Å². The van der Waals surface area contributed by atoms with Gasteiger partial charge in [0.05, 0.1) is 0 Å². The molecule has 2 nitrogen and oxygen atoms in total. The summed E-state index contributed by atoms with van der Waals surface area (Å²) < 4.78 is 0. The van der Waals surface area contributed by atoms with Crippen molar-refractivity contribution >= 4 is 0 Å². The van der Waals surface area contributed by atoms with E-state index in [2.05, 4.69) is 24.1 Å². The minimum absolute atomic E-state index is 0.757. The molecule has 2 heteroatoms. The van der Waals surface area contributed by atoms with Crippen molar-refractivity contribution in [2.75, 3.05) is 26.7 Å². The van der Waals surface area contributed by atoms with Crippen molar-refractivity contribution in [3.63, 3.8) is 0 Å². The molecule has 1 N–H and O–H groups in total. The third-order valence-electron chi connectivity index (χ3n) is 3.49. The first-order chi connectivity index (χ1) is 6.74. The van der Waals surface area contributed by atoms with Crippen LogP contribution in [-0.2, 0) is 0 Å². The highest BCUT2D eigenvalue weighted by Gasteiger charge is 2.17. The van der Waals surface area contributed by atoms with Gasteiger partial charge < -0.3 is 10.2 Å². The molecule has 2 atom stereocenters. The quantitative estimate of drug-likeness (QED) is 0.744. The van der Waals surface area contributed by atoms with E-state index in [1.807, 2.05) is 7.05 Å². The first-order valence-electron chi connectivity index (χ1n) is 6.12. The predicted octanol–water partition coefficient (Wildman–Crippen LogP) is 2.11. The molecule has 0 aromatic rings. The van der Waals surface area contributed by atoms with Crippen LogP contribution in [0.25, 0.3) is 0 Å². The number of rotatable bonds is 4. The summed E-state index contributed by atoms with van der Waals surface area (Å²) in [6.45, 7) is 8.53. The van der Waals surface area contributed by atoms with E-state index in [4.69, 9.17) is 0 Å². The van der Waals surface area contributed by atoms with Gasteiger partial charge in [0.1, 0.15) is 0 Å². The summed E-state index contributed by atoms with van der Waals surface area (Å²) in [6, 6.07) is 0.757. The van der Waals surface area contributed by atoms with Gasteiger partial charge in [-0.15, -0.1) is 0 Å². The second kappa shape index (κ2) is 6.41. The molecule has 14 heavy (non-hydrogen) atoms. The van der Waals surface area contributed by atoms with Crippen molar-refractivity contribution < 1.29 is 0 Å². The molecule has 1 heterocycles. The molecule has 0 aromatic carbocycles. The highest BCUT2D eigenvalue weighted by molar-refractivity contribution is 4.73. The van der Waals surface area contributed by atoms with Crippen molar-refractivity contribution in [2.24, 2.45) is 5.92 Å². The van der Waals surface area contributed by atoms with Gasteiger partial charge in [0.15, 0.2) is 0 Å². The molecule has 84 valence electrons. The zero-order valence-corrected chi connectivity index (χ0v) is 10.1. The van der Waals surface area contributed by atoms with Crippen molar-refractivity contribution in [1.29, 1.82) is 0 Å². The molecule has 1 saturated heterocycles. The molecule has 0 radical (unpaired) electrons. The number of likely N-dealkylation sites (tertiary alicyclic amines) is 1. The third kappa shape index (κ3) is 3.97. The van der Waals surface area contributed by atoms with E-state index >= 15 is 0 Å². The van der Waals surface area contributed by atoms with Crippen LogP contribution < -0.4 is 5.32 Å². The fraction of sp³-hybridized carbons (Fsp3) is 1.00. The number of hydrogen-bond acceptors (Lipinski definition) is 2. The largest absolute Gasteiger partial charge is 0.320 e. The van der Waals surface area contributed by atoms with Crippen molar-refractivity contribution in [2.45, 2.75) is 45.6 Å². The van der Waals surface area contributed by atoms with Crippen LogP contribution in [0, 0.1) is 5.92 Å². The average Bonchev–Trinajstić information content (AvgIpc) is 2.39. The second-order valence-electron chi connectivity index (χ2n) is 4.81. The van der Waals surface area contributed by atoms with E-state index in [0.717, 1.165) is 18.5 Å². The van der Waals surface area contributed by atoms with Gasteiger partial charge in [-0.25, -0.2) is 0 Å². The maximum Gasteiger partial charge on any atom is 0.00790 e. The Morgan fingerprint density at radius 3 is 2.86 bits per heavy atom. The van der Waals surface area contributed by atoms with E-state index in [0.29, 0.717) is 0 Å². The molecular formula is C12H26N2. The Hall–Kier alpha value is -0.0800. The Morgan fingerprint density at radius 1 is 1.36 bits per heavy atom. The monoisotopic (exact) mass is 198 g/mol. The van der Waals surface area contributed by atoms with E-state index in [9.17, 15) is 0 Å². The van der Waals surface area contributed by atoms with Gasteiger partial charge >= 0.3 is 0 Å². The maximum atomic E-state index is 3.24. The van der Waals surface area contributed by atoms with Crippen LogP contribution in [0.1, 0.15) is 39.5 Å². The first kappa shape index (κ1) is 12.0. The summed E-state index contributed by atoms with van der Waals surface area (Å²) in [4.78, 5) is 2.67. The molecule has 0 aliphatic carbocycles. The normalized spacial score (nSPS) is 27.2. The van der Waals surface area contributed by atoms with Gasteiger partial charge in [-0.05, 0) is 65.2 Å². The molecule has 0 saturated carbocycles. The first-order valence-corrected chi connectivity index (χ1v) is 6.12. The molecule has 1 aliphatic heterocycles. The maximum absolute atomic E-state index is 3.24. The van der Waals surface area contributed by atoms with E-state index < -0.39 is 0 Å². The van der Waals surface area contributed by atoms with Crippen LogP contribution >= 0.6 is 0 Å². The molecule has 1 rings (SSSR count). The Labute approximate surface area is 89.1 Å². The fourth-order valence-electron chi connectivity index (χ4n) is 2.26. The average molecular weight is 198 g/mol. The summed E-state index contributed by atoms with van der Waals surface area (Å²) in [7, 11) is 2.04. The third-order valence-corrected chi connectivity index (χ3v) is 3.49. The molecule has 2 unspecified atom stereocenters. The van der Waals surface area contributed by atoms with Crippen molar-refractivity contribution in [3.05, 3.63) is 0 Å². The van der Waals surface area contributed by atoms with E-state index in [-0.39, 0.29) is 0 Å². The van der Waals surface area contributed by atoms with Gasteiger partial charge in [0.2, 0.25) is 0 Å². The lowest BCUT2D eigenvalue weighted by Gasteiger charge is -2.27. The predicted molar refractivity (Wildman–Crippen MR) is 62.6 cm³/mol. The summed E-state index contributed by atoms with van der Waals surface area (Å²) >= 11 is 0. The van der Waals surface area contributed by atoms with Crippen molar-refractivity contribution in [3.8, 4) is 0 Å². The minimum Gasteiger partial charge on any atom is -0.320 e. The molecular weight excluding hydrogens is 172 g/mol. The fourth-order valence-corrected chi connectivity index (χ4v) is 2.26. The van der Waals surface area contributed by atoms with Crippen molar-refractivity contribution in [1.82, 2.24) is 10.2 Å². The van der Waals surface area contributed by atoms with Crippen LogP contribution in [-0.4, -0.2) is 37.6 Å². The lowest BCUT2D eigenvalue weighted by atomic mass is 10.0. The van der Waals surface area contributed by atoms with E-state index in [1.54, 1.807) is 0 Å². The van der Waals surface area contributed by atoms with Gasteiger partial charge in [-0.1, -0.05) is 6.92 Å². The number of nitrogens with one attached hydrogen (secondary N) is 1. The molecule has 1 aliphatic rings. The topological polar surface area (TPSA) is 15.3 Å². The standard InChI is InChI=1S/C12H26N2/c1-11-5-4-9-14(10-7-11)12(2)6-8-13-3/h11-13H,4-10H2,1-3H3. The summed E-state index contributed by atoms with van der Waals surface area (Å²) in [5.74, 6) is 0.941. The van der Waals surface area contributed by atoms with Gasteiger partial charge in [-0.3, -0.25) is 0 Å². The molecule has 1 fully saturated rings.